The topological polar surface area (TPSA) is 75.9 Å². The van der Waals surface area contributed by atoms with Crippen LogP contribution in [0.15, 0.2) is 24.3 Å². The molecule has 1 saturated heterocycles. The molecule has 0 saturated carbocycles. The van der Waals surface area contributed by atoms with E-state index in [1.54, 1.807) is 12.1 Å². The van der Waals surface area contributed by atoms with E-state index in [1.807, 2.05) is 21.9 Å². The maximum Gasteiger partial charge on any atom is 0.319 e. The van der Waals surface area contributed by atoms with Crippen LogP contribution in [0.4, 0.5) is 5.69 Å². The van der Waals surface area contributed by atoms with Gasteiger partial charge in [-0.3, -0.25) is 14.5 Å². The molecule has 0 unspecified atom stereocenters. The lowest BCUT2D eigenvalue weighted by molar-refractivity contribution is -0.142. The normalized spacial score (nSPS) is 15.8. The summed E-state index contributed by atoms with van der Waals surface area (Å²) in [6, 6.07) is 7.36. The Balaban J connectivity index is 1.80. The van der Waals surface area contributed by atoms with E-state index in [2.05, 4.69) is 4.74 Å². The Bertz CT molecular complexity index is 493. The number of hydrogen-bond donors (Lipinski definition) is 1. The number of nitrogen functional groups attached to an aromatic ring is 1. The van der Waals surface area contributed by atoms with Gasteiger partial charge in [0.05, 0.1) is 20.1 Å². The van der Waals surface area contributed by atoms with E-state index in [9.17, 15) is 9.59 Å². The third-order valence-electron chi connectivity index (χ3n) is 3.64. The molecule has 6 nitrogen and oxygen atoms in total. The van der Waals surface area contributed by atoms with Gasteiger partial charge in [-0.1, -0.05) is 12.1 Å². The highest BCUT2D eigenvalue weighted by Crippen LogP contribution is 2.09. The van der Waals surface area contributed by atoms with E-state index < -0.39 is 0 Å². The number of ether oxygens (including phenoxy) is 1. The summed E-state index contributed by atoms with van der Waals surface area (Å²) in [7, 11) is 1.38. The van der Waals surface area contributed by atoms with Gasteiger partial charge in [0.1, 0.15) is 0 Å². The Kier molecular flexibility index (Phi) is 5.16. The number of piperazine rings is 1. The first-order chi connectivity index (χ1) is 10.1. The summed E-state index contributed by atoms with van der Waals surface area (Å²) in [6.07, 6.45) is 0.386. The van der Waals surface area contributed by atoms with Gasteiger partial charge >= 0.3 is 5.97 Å². The average molecular weight is 291 g/mol. The van der Waals surface area contributed by atoms with Gasteiger partial charge < -0.3 is 15.4 Å². The van der Waals surface area contributed by atoms with Crippen molar-refractivity contribution in [2.24, 2.45) is 0 Å². The minimum atomic E-state index is -0.239. The lowest BCUT2D eigenvalue weighted by atomic mass is 10.1. The van der Waals surface area contributed by atoms with Gasteiger partial charge in [-0.25, -0.2) is 0 Å². The number of carbonyl (C=O) groups excluding carboxylic acids is 2. The standard InChI is InChI=1S/C15H21N3O3/c1-21-15(20)11-17-6-8-18(9-7-17)14(19)10-12-2-4-13(16)5-3-12/h2-5H,6-11,16H2,1H3. The molecular formula is C15H21N3O3. The van der Waals surface area contributed by atoms with Crippen molar-refractivity contribution in [3.05, 3.63) is 29.8 Å². The number of rotatable bonds is 4. The fourth-order valence-electron chi connectivity index (χ4n) is 2.32. The third-order valence-corrected chi connectivity index (χ3v) is 3.64. The van der Waals surface area contributed by atoms with Crippen molar-refractivity contribution >= 4 is 17.6 Å². The first-order valence-electron chi connectivity index (χ1n) is 7.00. The highest BCUT2D eigenvalue weighted by atomic mass is 16.5. The van der Waals surface area contributed by atoms with Crippen LogP contribution in [0.2, 0.25) is 0 Å². The fraction of sp³-hybridized carbons (Fsp3) is 0.467. The molecule has 1 heterocycles. The van der Waals surface area contributed by atoms with Crippen molar-refractivity contribution < 1.29 is 14.3 Å². The number of esters is 1. The van der Waals surface area contributed by atoms with Crippen LogP contribution < -0.4 is 5.73 Å². The van der Waals surface area contributed by atoms with Gasteiger partial charge in [0.2, 0.25) is 5.91 Å². The van der Waals surface area contributed by atoms with E-state index >= 15 is 0 Å². The van der Waals surface area contributed by atoms with Gasteiger partial charge in [0.25, 0.3) is 0 Å². The smallest absolute Gasteiger partial charge is 0.319 e. The number of amides is 1. The van der Waals surface area contributed by atoms with Gasteiger partial charge in [0, 0.05) is 31.9 Å². The van der Waals surface area contributed by atoms with Crippen LogP contribution >= 0.6 is 0 Å². The Morgan fingerprint density at radius 2 is 1.76 bits per heavy atom. The van der Waals surface area contributed by atoms with E-state index in [-0.39, 0.29) is 18.4 Å². The summed E-state index contributed by atoms with van der Waals surface area (Å²) in [4.78, 5) is 27.3. The quantitative estimate of drug-likeness (QED) is 0.630. The number of methoxy groups -OCH3 is 1. The summed E-state index contributed by atoms with van der Waals surface area (Å²) in [5.74, 6) is -0.130. The third kappa shape index (κ3) is 4.46. The van der Waals surface area contributed by atoms with E-state index in [0.29, 0.717) is 38.3 Å². The van der Waals surface area contributed by atoms with Crippen LogP contribution in [0.5, 0.6) is 0 Å². The Hall–Kier alpha value is -2.08. The predicted octanol–water partition coefficient (Wildman–Crippen LogP) is 0.129. The van der Waals surface area contributed by atoms with Gasteiger partial charge in [-0.2, -0.15) is 0 Å². The number of anilines is 1. The van der Waals surface area contributed by atoms with Gasteiger partial charge in [-0.15, -0.1) is 0 Å². The zero-order valence-electron chi connectivity index (χ0n) is 12.2. The van der Waals surface area contributed by atoms with E-state index in [1.165, 1.54) is 7.11 Å². The molecule has 21 heavy (non-hydrogen) atoms. The Labute approximate surface area is 124 Å². The molecule has 2 rings (SSSR count). The van der Waals surface area contributed by atoms with E-state index in [0.717, 1.165) is 5.56 Å². The summed E-state index contributed by atoms with van der Waals surface area (Å²) < 4.78 is 4.64. The second-order valence-corrected chi connectivity index (χ2v) is 5.15. The second kappa shape index (κ2) is 7.08. The predicted molar refractivity (Wildman–Crippen MR) is 79.6 cm³/mol. The summed E-state index contributed by atoms with van der Waals surface area (Å²) in [6.45, 7) is 2.97. The maximum atomic E-state index is 12.2. The van der Waals surface area contributed by atoms with Gasteiger partial charge in [0.15, 0.2) is 0 Å². The number of hydrogen-bond acceptors (Lipinski definition) is 5. The summed E-state index contributed by atoms with van der Waals surface area (Å²) in [5, 5.41) is 0. The SMILES string of the molecule is COC(=O)CN1CCN(C(=O)Cc2ccc(N)cc2)CC1. The van der Waals surface area contributed by atoms with Crippen molar-refractivity contribution in [1.82, 2.24) is 9.80 Å². The number of nitrogens with zero attached hydrogens (tertiary/aromatic N) is 2. The van der Waals surface area contributed by atoms with Crippen LogP contribution in [0.1, 0.15) is 5.56 Å². The molecule has 0 radical (unpaired) electrons. The largest absolute Gasteiger partial charge is 0.468 e. The number of carbonyl (C=O) groups is 2. The highest BCUT2D eigenvalue weighted by molar-refractivity contribution is 5.79. The molecule has 1 fully saturated rings. The molecule has 1 aromatic carbocycles. The van der Waals surface area contributed by atoms with Crippen LogP contribution in [0.3, 0.4) is 0 Å². The Morgan fingerprint density at radius 1 is 1.14 bits per heavy atom. The van der Waals surface area contributed by atoms with Crippen molar-refractivity contribution in [1.29, 1.82) is 0 Å². The van der Waals surface area contributed by atoms with Crippen LogP contribution in [0, 0.1) is 0 Å². The highest BCUT2D eigenvalue weighted by Gasteiger charge is 2.22. The molecule has 0 bridgehead atoms. The fourth-order valence-corrected chi connectivity index (χ4v) is 2.32. The minimum Gasteiger partial charge on any atom is -0.468 e. The Morgan fingerprint density at radius 3 is 2.33 bits per heavy atom. The zero-order chi connectivity index (χ0) is 15.2. The summed E-state index contributed by atoms with van der Waals surface area (Å²) >= 11 is 0. The first kappa shape index (κ1) is 15.3. The van der Waals surface area contributed by atoms with Crippen molar-refractivity contribution in [3.8, 4) is 0 Å². The minimum absolute atomic E-state index is 0.109. The van der Waals surface area contributed by atoms with Crippen molar-refractivity contribution in [2.75, 3.05) is 45.6 Å². The molecular weight excluding hydrogens is 270 g/mol. The van der Waals surface area contributed by atoms with Crippen molar-refractivity contribution in [2.45, 2.75) is 6.42 Å². The molecule has 0 aliphatic carbocycles. The summed E-state index contributed by atoms with van der Waals surface area (Å²) in [5.41, 5.74) is 7.29. The first-order valence-corrected chi connectivity index (χ1v) is 7.00. The van der Waals surface area contributed by atoms with E-state index in [4.69, 9.17) is 5.73 Å². The maximum absolute atomic E-state index is 12.2. The second-order valence-electron chi connectivity index (χ2n) is 5.15. The number of benzene rings is 1. The lowest BCUT2D eigenvalue weighted by Gasteiger charge is -2.34. The van der Waals surface area contributed by atoms with Crippen LogP contribution in [-0.4, -0.2) is 61.5 Å². The molecule has 0 aromatic heterocycles. The van der Waals surface area contributed by atoms with Gasteiger partial charge in [-0.05, 0) is 17.7 Å². The molecule has 0 spiro atoms. The molecule has 2 N–H and O–H groups in total. The molecule has 1 amide bonds. The molecule has 114 valence electrons. The molecule has 1 aliphatic rings. The molecule has 6 heteroatoms. The van der Waals surface area contributed by atoms with Crippen LogP contribution in [0.25, 0.3) is 0 Å². The molecule has 1 aromatic rings. The average Bonchev–Trinajstić information content (AvgIpc) is 2.50. The van der Waals surface area contributed by atoms with Crippen molar-refractivity contribution in [3.63, 3.8) is 0 Å². The molecule has 1 aliphatic heterocycles. The zero-order valence-corrected chi connectivity index (χ0v) is 12.2. The number of nitrogens with two attached hydrogens (primary N) is 1. The monoisotopic (exact) mass is 291 g/mol. The lowest BCUT2D eigenvalue weighted by Crippen LogP contribution is -2.50. The van der Waals surface area contributed by atoms with Crippen LogP contribution in [-0.2, 0) is 20.7 Å². The molecule has 0 atom stereocenters.